The summed E-state index contributed by atoms with van der Waals surface area (Å²) in [6, 6.07) is 0.429. The molecule has 0 bridgehead atoms. The lowest BCUT2D eigenvalue weighted by molar-refractivity contribution is -0.124. The van der Waals surface area contributed by atoms with Crippen molar-refractivity contribution in [3.8, 4) is 0 Å². The molecule has 3 atom stereocenters. The van der Waals surface area contributed by atoms with E-state index in [2.05, 4.69) is 29.5 Å². The van der Waals surface area contributed by atoms with E-state index in [9.17, 15) is 4.79 Å². The van der Waals surface area contributed by atoms with Crippen molar-refractivity contribution in [3.63, 3.8) is 0 Å². The van der Waals surface area contributed by atoms with Gasteiger partial charge < -0.3 is 15.5 Å². The third-order valence-electron chi connectivity index (χ3n) is 3.81. The number of nitrogens with one attached hydrogen (secondary N) is 2. The van der Waals surface area contributed by atoms with Crippen LogP contribution < -0.4 is 10.6 Å². The quantitative estimate of drug-likeness (QED) is 0.705. The predicted molar refractivity (Wildman–Crippen MR) is 64.2 cm³/mol. The van der Waals surface area contributed by atoms with Crippen LogP contribution in [0.5, 0.6) is 0 Å². The molecule has 0 radical (unpaired) electrons. The Kier molecular flexibility index (Phi) is 3.82. The molecule has 92 valence electrons. The fourth-order valence-corrected chi connectivity index (χ4v) is 2.76. The van der Waals surface area contributed by atoms with Crippen LogP contribution in [0.1, 0.15) is 26.2 Å². The average Bonchev–Trinajstić information content (AvgIpc) is 2.75. The van der Waals surface area contributed by atoms with Crippen molar-refractivity contribution >= 4 is 5.91 Å². The fraction of sp³-hybridized carbons (Fsp3) is 0.917. The molecular weight excluding hydrogens is 202 g/mol. The van der Waals surface area contributed by atoms with Gasteiger partial charge in [-0.3, -0.25) is 4.79 Å². The molecular formula is C12H23N3O. The van der Waals surface area contributed by atoms with E-state index in [1.165, 1.54) is 0 Å². The molecule has 2 saturated heterocycles. The van der Waals surface area contributed by atoms with Crippen LogP contribution in [0.2, 0.25) is 0 Å². The molecule has 2 heterocycles. The Morgan fingerprint density at radius 3 is 2.88 bits per heavy atom. The van der Waals surface area contributed by atoms with Gasteiger partial charge in [0, 0.05) is 12.6 Å². The SMILES string of the molecule is CC1CN(C)CCC1NC(=O)C1CCCN1. The van der Waals surface area contributed by atoms with Gasteiger partial charge in [-0.05, 0) is 45.3 Å². The highest BCUT2D eigenvalue weighted by molar-refractivity contribution is 5.82. The second-order valence-corrected chi connectivity index (χ2v) is 5.29. The van der Waals surface area contributed by atoms with Crippen LogP contribution in [0, 0.1) is 5.92 Å². The molecule has 0 spiro atoms. The first kappa shape index (κ1) is 11.9. The maximum Gasteiger partial charge on any atom is 0.237 e. The number of hydrogen-bond acceptors (Lipinski definition) is 3. The van der Waals surface area contributed by atoms with Crippen molar-refractivity contribution in [2.45, 2.75) is 38.3 Å². The number of likely N-dealkylation sites (tertiary alicyclic amines) is 1. The Hall–Kier alpha value is -0.610. The first-order valence-electron chi connectivity index (χ1n) is 6.39. The van der Waals surface area contributed by atoms with Gasteiger partial charge in [-0.1, -0.05) is 6.92 Å². The lowest BCUT2D eigenvalue weighted by Crippen LogP contribution is -2.52. The summed E-state index contributed by atoms with van der Waals surface area (Å²) in [6.07, 6.45) is 3.20. The number of hydrogen-bond donors (Lipinski definition) is 2. The van der Waals surface area contributed by atoms with Gasteiger partial charge in [0.25, 0.3) is 0 Å². The molecule has 1 amide bonds. The van der Waals surface area contributed by atoms with Gasteiger partial charge in [0.05, 0.1) is 6.04 Å². The molecule has 0 aliphatic carbocycles. The zero-order valence-corrected chi connectivity index (χ0v) is 10.3. The zero-order chi connectivity index (χ0) is 11.5. The van der Waals surface area contributed by atoms with Crippen LogP contribution in [0.25, 0.3) is 0 Å². The molecule has 0 aromatic carbocycles. The number of nitrogens with zero attached hydrogens (tertiary/aromatic N) is 1. The molecule has 4 nitrogen and oxygen atoms in total. The number of amides is 1. The van der Waals surface area contributed by atoms with E-state index in [0.717, 1.165) is 38.9 Å². The van der Waals surface area contributed by atoms with Crippen molar-refractivity contribution in [1.29, 1.82) is 0 Å². The largest absolute Gasteiger partial charge is 0.352 e. The third kappa shape index (κ3) is 2.74. The Balaban J connectivity index is 1.82. The smallest absolute Gasteiger partial charge is 0.237 e. The molecule has 2 fully saturated rings. The molecule has 0 saturated carbocycles. The van der Waals surface area contributed by atoms with Crippen LogP contribution >= 0.6 is 0 Å². The van der Waals surface area contributed by atoms with Gasteiger partial charge in [-0.25, -0.2) is 0 Å². The molecule has 2 N–H and O–H groups in total. The molecule has 3 unspecified atom stereocenters. The van der Waals surface area contributed by atoms with Crippen molar-refractivity contribution < 1.29 is 4.79 Å². The number of piperidine rings is 1. The first-order valence-corrected chi connectivity index (χ1v) is 6.39. The summed E-state index contributed by atoms with van der Waals surface area (Å²) in [5, 5.41) is 6.45. The maximum absolute atomic E-state index is 12.0. The van der Waals surface area contributed by atoms with Gasteiger partial charge in [-0.15, -0.1) is 0 Å². The van der Waals surface area contributed by atoms with Crippen LogP contribution in [-0.2, 0) is 4.79 Å². The molecule has 0 aromatic heterocycles. The summed E-state index contributed by atoms with van der Waals surface area (Å²) in [7, 11) is 2.15. The molecule has 16 heavy (non-hydrogen) atoms. The zero-order valence-electron chi connectivity index (χ0n) is 10.3. The molecule has 2 aliphatic rings. The van der Waals surface area contributed by atoms with Gasteiger partial charge in [-0.2, -0.15) is 0 Å². The van der Waals surface area contributed by atoms with Gasteiger partial charge >= 0.3 is 0 Å². The van der Waals surface area contributed by atoms with Gasteiger partial charge in [0.2, 0.25) is 5.91 Å². The highest BCUT2D eigenvalue weighted by atomic mass is 16.2. The van der Waals surface area contributed by atoms with Crippen molar-refractivity contribution in [3.05, 3.63) is 0 Å². The topological polar surface area (TPSA) is 44.4 Å². The number of rotatable bonds is 2. The van der Waals surface area contributed by atoms with Crippen molar-refractivity contribution in [2.75, 3.05) is 26.7 Å². The molecule has 2 rings (SSSR count). The minimum absolute atomic E-state index is 0.0619. The summed E-state index contributed by atoms with van der Waals surface area (Å²) in [5.41, 5.74) is 0. The Labute approximate surface area is 97.8 Å². The molecule has 2 aliphatic heterocycles. The normalized spacial score (nSPS) is 36.2. The van der Waals surface area contributed by atoms with E-state index in [1.807, 2.05) is 0 Å². The van der Waals surface area contributed by atoms with Gasteiger partial charge in [0.1, 0.15) is 0 Å². The summed E-state index contributed by atoms with van der Waals surface area (Å²) < 4.78 is 0. The number of carbonyl (C=O) groups excluding carboxylic acids is 1. The Morgan fingerprint density at radius 2 is 2.25 bits per heavy atom. The van der Waals surface area contributed by atoms with E-state index in [-0.39, 0.29) is 11.9 Å². The molecule has 0 aromatic rings. The number of carbonyl (C=O) groups is 1. The van der Waals surface area contributed by atoms with Crippen LogP contribution in [0.4, 0.5) is 0 Å². The van der Waals surface area contributed by atoms with E-state index in [1.54, 1.807) is 0 Å². The summed E-state index contributed by atoms with van der Waals surface area (Å²) in [4.78, 5) is 14.3. The predicted octanol–water partition coefficient (Wildman–Crippen LogP) is 0.195. The van der Waals surface area contributed by atoms with E-state index in [0.29, 0.717) is 12.0 Å². The highest BCUT2D eigenvalue weighted by Crippen LogP contribution is 2.16. The Morgan fingerprint density at radius 1 is 1.44 bits per heavy atom. The molecule has 4 heteroatoms. The monoisotopic (exact) mass is 225 g/mol. The lowest BCUT2D eigenvalue weighted by atomic mass is 9.94. The summed E-state index contributed by atoms with van der Waals surface area (Å²) in [5.74, 6) is 0.767. The van der Waals surface area contributed by atoms with E-state index in [4.69, 9.17) is 0 Å². The fourth-order valence-electron chi connectivity index (χ4n) is 2.76. The second kappa shape index (κ2) is 5.15. The van der Waals surface area contributed by atoms with E-state index < -0.39 is 0 Å². The van der Waals surface area contributed by atoms with Crippen LogP contribution in [0.15, 0.2) is 0 Å². The standard InChI is InChI=1S/C12H23N3O/c1-9-8-15(2)7-5-10(9)14-12(16)11-4-3-6-13-11/h9-11,13H,3-8H2,1-2H3,(H,14,16). The minimum Gasteiger partial charge on any atom is -0.352 e. The van der Waals surface area contributed by atoms with E-state index >= 15 is 0 Å². The van der Waals surface area contributed by atoms with Crippen LogP contribution in [-0.4, -0.2) is 49.6 Å². The lowest BCUT2D eigenvalue weighted by Gasteiger charge is -2.35. The minimum atomic E-state index is 0.0619. The second-order valence-electron chi connectivity index (χ2n) is 5.29. The third-order valence-corrected chi connectivity index (χ3v) is 3.81. The average molecular weight is 225 g/mol. The van der Waals surface area contributed by atoms with Crippen LogP contribution in [0.3, 0.4) is 0 Å². The van der Waals surface area contributed by atoms with Gasteiger partial charge in [0.15, 0.2) is 0 Å². The first-order chi connectivity index (χ1) is 7.66. The summed E-state index contributed by atoms with van der Waals surface area (Å²) >= 11 is 0. The van der Waals surface area contributed by atoms with Crippen molar-refractivity contribution in [2.24, 2.45) is 5.92 Å². The maximum atomic E-state index is 12.0. The highest BCUT2D eigenvalue weighted by Gasteiger charge is 2.29. The Bertz CT molecular complexity index is 251. The van der Waals surface area contributed by atoms with Crippen molar-refractivity contribution in [1.82, 2.24) is 15.5 Å². The summed E-state index contributed by atoms with van der Waals surface area (Å²) in [6.45, 7) is 5.39.